The molecule has 2 aliphatic carbocycles. The molecule has 0 spiro atoms. The molecule has 2 aromatic heterocycles. The Hall–Kier alpha value is -5.93. The van der Waals surface area contributed by atoms with E-state index in [0.717, 1.165) is 76.8 Å². The summed E-state index contributed by atoms with van der Waals surface area (Å²) in [5, 5.41) is 30.1. The van der Waals surface area contributed by atoms with Crippen molar-refractivity contribution in [3.63, 3.8) is 0 Å². The number of hydrogen-bond donors (Lipinski definition) is 0. The van der Waals surface area contributed by atoms with E-state index in [1.54, 1.807) is 19.1 Å². The summed E-state index contributed by atoms with van der Waals surface area (Å²) in [6.45, 7) is 1.72. The number of nitriles is 3. The lowest BCUT2D eigenvalue weighted by Gasteiger charge is -2.11. The average Bonchev–Trinajstić information content (AvgIpc) is 3.83. The van der Waals surface area contributed by atoms with Gasteiger partial charge >= 0.3 is 12.4 Å². The van der Waals surface area contributed by atoms with Gasteiger partial charge in [0.2, 0.25) is 0 Å². The third-order valence-corrected chi connectivity index (χ3v) is 11.8. The minimum absolute atomic E-state index is 0.0902. The predicted octanol–water partition coefficient (Wildman–Crippen LogP) is 12.5. The fourth-order valence-corrected chi connectivity index (χ4v) is 9.95. The van der Waals surface area contributed by atoms with Gasteiger partial charge in [0.1, 0.15) is 17.7 Å². The Bertz CT molecular complexity index is 2670. The van der Waals surface area contributed by atoms with Crippen LogP contribution < -0.4 is 0 Å². The Morgan fingerprint density at radius 2 is 0.902 bits per heavy atom. The van der Waals surface area contributed by atoms with Gasteiger partial charge in [-0.3, -0.25) is 0 Å². The van der Waals surface area contributed by atoms with Crippen LogP contribution in [0.3, 0.4) is 0 Å². The van der Waals surface area contributed by atoms with Gasteiger partial charge in [-0.1, -0.05) is 48.5 Å². The molecule has 51 heavy (non-hydrogen) atoms. The van der Waals surface area contributed by atoms with E-state index in [-0.39, 0.29) is 5.57 Å². The van der Waals surface area contributed by atoms with Crippen molar-refractivity contribution >= 4 is 43.2 Å². The lowest BCUT2D eigenvalue weighted by Crippen LogP contribution is -2.04. The third-order valence-electron chi connectivity index (χ3n) is 9.20. The van der Waals surface area contributed by atoms with Gasteiger partial charge < -0.3 is 0 Å². The van der Waals surface area contributed by atoms with Crippen LogP contribution in [0.15, 0.2) is 96.1 Å². The highest BCUT2D eigenvalue weighted by Gasteiger charge is 2.38. The van der Waals surface area contributed by atoms with Crippen LogP contribution >= 0.6 is 22.7 Å². The van der Waals surface area contributed by atoms with E-state index in [1.807, 2.05) is 36.4 Å². The molecule has 0 aliphatic heterocycles. The normalized spacial score (nSPS) is 13.9. The molecule has 3 nitrogen and oxygen atoms in total. The zero-order chi connectivity index (χ0) is 36.0. The summed E-state index contributed by atoms with van der Waals surface area (Å²) in [4.78, 5) is 1.60. The second-order valence-electron chi connectivity index (χ2n) is 12.0. The molecule has 0 saturated carbocycles. The van der Waals surface area contributed by atoms with Crippen molar-refractivity contribution in [2.75, 3.05) is 0 Å². The fraction of sp³-hybridized carbons (Fsp3) is 0.0750. The van der Waals surface area contributed by atoms with E-state index in [0.29, 0.717) is 39.0 Å². The van der Waals surface area contributed by atoms with E-state index in [4.69, 9.17) is 0 Å². The number of rotatable bonds is 2. The molecule has 0 saturated heterocycles. The summed E-state index contributed by atoms with van der Waals surface area (Å²) >= 11 is 2.92. The summed E-state index contributed by atoms with van der Waals surface area (Å²) in [6, 6.07) is 27.2. The topological polar surface area (TPSA) is 71.4 Å². The standard InChI is InChI=1S/C40H17F6N3S2/c1-19(16-47)31-29-14-22(20-2-8-25(9-3-20)39(41,42)43)6-12-27(29)33-35(31)50-38-34-28-13-7-23(21-4-10-26(11-5-21)40(44,45)46)15-30(28)32(24(17-48)18-49)36(34)51-37(33)38/h2-15H,1H3/b31-19+. The first kappa shape index (κ1) is 32.3. The lowest BCUT2D eigenvalue weighted by molar-refractivity contribution is -0.138. The summed E-state index contributed by atoms with van der Waals surface area (Å²) in [5.74, 6) is 0. The lowest BCUT2D eigenvalue weighted by atomic mass is 9.95. The summed E-state index contributed by atoms with van der Waals surface area (Å²) in [5.41, 5.74) is 7.35. The number of fused-ring (bicyclic) bond motifs is 9. The van der Waals surface area contributed by atoms with Crippen LogP contribution in [0.5, 0.6) is 0 Å². The third kappa shape index (κ3) is 4.91. The van der Waals surface area contributed by atoms with Gasteiger partial charge in [0, 0.05) is 37.6 Å². The molecule has 0 radical (unpaired) electrons. The molecular weight excluding hydrogens is 701 g/mol. The van der Waals surface area contributed by atoms with E-state index >= 15 is 0 Å². The summed E-state index contributed by atoms with van der Waals surface area (Å²) in [7, 11) is 0. The molecule has 0 bridgehead atoms. The first-order valence-corrected chi connectivity index (χ1v) is 16.9. The summed E-state index contributed by atoms with van der Waals surface area (Å²) in [6.07, 6.45) is -8.93. The van der Waals surface area contributed by atoms with Crippen LogP contribution in [0.2, 0.25) is 0 Å². The maximum Gasteiger partial charge on any atom is 0.416 e. The van der Waals surface area contributed by atoms with Crippen molar-refractivity contribution in [1.29, 1.82) is 15.8 Å². The van der Waals surface area contributed by atoms with Crippen molar-refractivity contribution in [2.24, 2.45) is 0 Å². The molecule has 246 valence electrons. The number of allylic oxidation sites excluding steroid dienone is 2. The average molecular weight is 718 g/mol. The Labute approximate surface area is 294 Å². The highest BCUT2D eigenvalue weighted by molar-refractivity contribution is 7.31. The Morgan fingerprint density at radius 3 is 1.29 bits per heavy atom. The van der Waals surface area contributed by atoms with E-state index in [9.17, 15) is 42.1 Å². The Kier molecular flexibility index (Phi) is 7.15. The van der Waals surface area contributed by atoms with E-state index < -0.39 is 23.5 Å². The van der Waals surface area contributed by atoms with Crippen molar-refractivity contribution in [2.45, 2.75) is 19.3 Å². The van der Waals surface area contributed by atoms with Crippen molar-refractivity contribution < 1.29 is 26.3 Å². The van der Waals surface area contributed by atoms with Crippen LogP contribution in [0.1, 0.15) is 38.9 Å². The van der Waals surface area contributed by atoms with Crippen LogP contribution in [0.4, 0.5) is 26.3 Å². The molecule has 0 N–H and O–H groups in total. The number of nitrogens with zero attached hydrogens (tertiary/aromatic N) is 3. The number of alkyl halides is 6. The Morgan fingerprint density at radius 1 is 0.510 bits per heavy atom. The van der Waals surface area contributed by atoms with Gasteiger partial charge in [0.15, 0.2) is 0 Å². The molecule has 2 aliphatic rings. The van der Waals surface area contributed by atoms with Crippen LogP contribution in [-0.2, 0) is 12.4 Å². The molecule has 8 rings (SSSR count). The minimum Gasteiger partial charge on any atom is -0.193 e. The van der Waals surface area contributed by atoms with Gasteiger partial charge in [-0.15, -0.1) is 22.7 Å². The van der Waals surface area contributed by atoms with Gasteiger partial charge in [-0.05, 0) is 87.8 Å². The van der Waals surface area contributed by atoms with Gasteiger partial charge in [0.05, 0.1) is 26.6 Å². The number of benzene rings is 4. The van der Waals surface area contributed by atoms with Crippen LogP contribution in [0, 0.1) is 34.0 Å². The van der Waals surface area contributed by atoms with Crippen molar-refractivity contribution in [3.8, 4) is 62.7 Å². The monoisotopic (exact) mass is 717 g/mol. The zero-order valence-electron chi connectivity index (χ0n) is 26.0. The molecule has 0 fully saturated rings. The largest absolute Gasteiger partial charge is 0.416 e. The van der Waals surface area contributed by atoms with Crippen molar-refractivity contribution in [1.82, 2.24) is 0 Å². The molecule has 0 amide bonds. The minimum atomic E-state index is -4.47. The van der Waals surface area contributed by atoms with Crippen molar-refractivity contribution in [3.05, 3.63) is 128 Å². The quantitative estimate of drug-likeness (QED) is 0.132. The van der Waals surface area contributed by atoms with Crippen LogP contribution in [0.25, 0.3) is 65.1 Å². The maximum atomic E-state index is 13.2. The molecule has 6 aromatic rings. The van der Waals surface area contributed by atoms with E-state index in [2.05, 4.69) is 6.07 Å². The van der Waals surface area contributed by atoms with Gasteiger partial charge in [-0.2, -0.15) is 42.1 Å². The van der Waals surface area contributed by atoms with E-state index in [1.165, 1.54) is 46.9 Å². The second-order valence-corrected chi connectivity index (χ2v) is 14.1. The van der Waals surface area contributed by atoms with Crippen LogP contribution in [-0.4, -0.2) is 0 Å². The number of halogens is 6. The molecular formula is C40H17F6N3S2. The van der Waals surface area contributed by atoms with Gasteiger partial charge in [0.25, 0.3) is 0 Å². The molecule has 0 unspecified atom stereocenters. The molecule has 2 heterocycles. The maximum absolute atomic E-state index is 13.2. The fourth-order valence-electron chi connectivity index (χ4n) is 6.83. The molecule has 11 heteroatoms. The number of thiophene rings is 2. The molecule has 0 atom stereocenters. The first-order valence-electron chi connectivity index (χ1n) is 15.2. The molecule has 4 aromatic carbocycles. The highest BCUT2D eigenvalue weighted by Crippen LogP contribution is 2.62. The van der Waals surface area contributed by atoms with Gasteiger partial charge in [-0.25, -0.2) is 0 Å². The smallest absolute Gasteiger partial charge is 0.193 e. The SMILES string of the molecule is C/C(C#N)=C1/c2cc(-c3ccc(C(F)(F)F)cc3)ccc2-c2c1sc1c3c(sc21)C(=C(C#N)C#N)c1cc(-c2ccc(C(F)(F)F)cc2)ccc1-3. The highest BCUT2D eigenvalue weighted by atomic mass is 32.1. The Balaban J connectivity index is 1.30. The number of hydrogen-bond acceptors (Lipinski definition) is 5. The summed E-state index contributed by atoms with van der Waals surface area (Å²) < 4.78 is 81.1. The second kappa shape index (κ2) is 11.3. The first-order chi connectivity index (χ1) is 24.3. The predicted molar refractivity (Wildman–Crippen MR) is 186 cm³/mol. The zero-order valence-corrected chi connectivity index (χ0v) is 27.6.